The van der Waals surface area contributed by atoms with E-state index in [1.807, 2.05) is 6.08 Å². The van der Waals surface area contributed by atoms with Gasteiger partial charge < -0.3 is 4.90 Å². The largest absolute Gasteiger partial charge is 0.314 e. The van der Waals surface area contributed by atoms with E-state index in [1.165, 1.54) is 92.9 Å². The Balaban J connectivity index is 1.15. The summed E-state index contributed by atoms with van der Waals surface area (Å²) < 4.78 is 0. The molecule has 0 heterocycles. The molecule has 0 aromatic heterocycles. The van der Waals surface area contributed by atoms with Gasteiger partial charge in [0.05, 0.1) is 5.70 Å². The van der Waals surface area contributed by atoms with Crippen molar-refractivity contribution < 1.29 is 0 Å². The van der Waals surface area contributed by atoms with E-state index in [2.05, 4.69) is 246 Å². The molecule has 65 heavy (non-hydrogen) atoms. The molecule has 0 saturated heterocycles. The lowest BCUT2D eigenvalue weighted by Crippen LogP contribution is -2.23. The Morgan fingerprint density at radius 3 is 2.11 bits per heavy atom. The first kappa shape index (κ1) is 42.8. The molecule has 1 nitrogen and oxygen atoms in total. The molecular formula is C64H57N. The molecule has 0 saturated carbocycles. The van der Waals surface area contributed by atoms with Gasteiger partial charge in [0, 0.05) is 22.9 Å². The Bertz CT molecular complexity index is 3370. The van der Waals surface area contributed by atoms with E-state index in [0.29, 0.717) is 0 Å². The highest BCUT2D eigenvalue weighted by molar-refractivity contribution is 6.22. The van der Waals surface area contributed by atoms with Gasteiger partial charge in [-0.1, -0.05) is 189 Å². The third-order valence-electron chi connectivity index (χ3n) is 13.0. The molecule has 7 aromatic rings. The molecule has 1 heteroatoms. The molecule has 0 amide bonds. The first-order valence-corrected chi connectivity index (χ1v) is 23.1. The van der Waals surface area contributed by atoms with E-state index in [9.17, 15) is 0 Å². The summed E-state index contributed by atoms with van der Waals surface area (Å²) in [4.78, 5) is 2.30. The van der Waals surface area contributed by atoms with Crippen molar-refractivity contribution >= 4 is 50.2 Å². The second-order valence-corrected chi connectivity index (χ2v) is 17.2. The van der Waals surface area contributed by atoms with Gasteiger partial charge in [-0.25, -0.2) is 0 Å². The molecule has 0 fully saturated rings. The molecule has 0 N–H and O–H groups in total. The van der Waals surface area contributed by atoms with Gasteiger partial charge in [0.1, 0.15) is 0 Å². The van der Waals surface area contributed by atoms with E-state index in [1.54, 1.807) is 0 Å². The molecule has 0 radical (unpaired) electrons. The zero-order chi connectivity index (χ0) is 44.9. The van der Waals surface area contributed by atoms with Crippen molar-refractivity contribution in [2.75, 3.05) is 4.90 Å². The van der Waals surface area contributed by atoms with Gasteiger partial charge in [-0.3, -0.25) is 0 Å². The standard InChI is InChI=1S/C64H57N/c1-7-19-51-41-54(36-34-47(51)9-3)63-57-26-16-17-27-58(57)64(55-37-35-48-22-14-15-25-52(48)42-55)60-43-53(38-40-59(60)63)49-32-29-46(30-33-49)31-39-56(50-23-11-10-12-24-50)62(20-8-2)65(44(4)5)61-28-18-13-21-45(61)6/h7-9,11,13-32,34-43,49H,1,4,10,12,33H2,2-3,5-6H3/b20-8-,39-31+,47-9-,51-19-,62-56-. The third-order valence-corrected chi connectivity index (χ3v) is 13.0. The van der Waals surface area contributed by atoms with Crippen LogP contribution in [0.15, 0.2) is 236 Å². The van der Waals surface area contributed by atoms with Crippen LogP contribution >= 0.6 is 0 Å². The van der Waals surface area contributed by atoms with Crippen LogP contribution in [-0.2, 0) is 0 Å². The topological polar surface area (TPSA) is 3.24 Å². The third kappa shape index (κ3) is 8.63. The monoisotopic (exact) mass is 839 g/mol. The molecule has 9 rings (SSSR count). The minimum Gasteiger partial charge on any atom is -0.314 e. The average molecular weight is 840 g/mol. The molecule has 1 atom stereocenters. The zero-order valence-corrected chi connectivity index (χ0v) is 38.2. The first-order valence-electron chi connectivity index (χ1n) is 23.1. The fourth-order valence-corrected chi connectivity index (χ4v) is 9.79. The van der Waals surface area contributed by atoms with Crippen LogP contribution < -0.4 is 15.3 Å². The number of nitrogens with zero attached hydrogens (tertiary/aromatic N) is 1. The predicted molar refractivity (Wildman–Crippen MR) is 284 cm³/mol. The first-order chi connectivity index (χ1) is 31.9. The van der Waals surface area contributed by atoms with Crippen LogP contribution in [0.5, 0.6) is 0 Å². The summed E-state index contributed by atoms with van der Waals surface area (Å²) in [6.07, 6.45) is 32.2. The highest BCUT2D eigenvalue weighted by Gasteiger charge is 2.21. The van der Waals surface area contributed by atoms with Gasteiger partial charge in [0.15, 0.2) is 0 Å². The van der Waals surface area contributed by atoms with Crippen LogP contribution in [0, 0.1) is 6.92 Å². The number of para-hydroxylation sites is 1. The fraction of sp³-hybridized carbons (Fsp3) is 0.125. The van der Waals surface area contributed by atoms with Gasteiger partial charge in [0.2, 0.25) is 0 Å². The molecular weight excluding hydrogens is 783 g/mol. The number of rotatable bonds is 11. The molecule has 2 aliphatic rings. The van der Waals surface area contributed by atoms with Crippen LogP contribution in [0.1, 0.15) is 57.1 Å². The van der Waals surface area contributed by atoms with Crippen molar-refractivity contribution in [1.82, 2.24) is 0 Å². The smallest absolute Gasteiger partial charge is 0.0533 e. The van der Waals surface area contributed by atoms with E-state index in [-0.39, 0.29) is 5.92 Å². The summed E-state index contributed by atoms with van der Waals surface area (Å²) in [7, 11) is 0. The van der Waals surface area contributed by atoms with Crippen molar-refractivity contribution in [3.8, 4) is 22.3 Å². The van der Waals surface area contributed by atoms with Crippen LogP contribution in [0.2, 0.25) is 0 Å². The van der Waals surface area contributed by atoms with E-state index < -0.39 is 0 Å². The number of allylic oxidation sites excluding steroid dienone is 15. The maximum atomic E-state index is 4.46. The lowest BCUT2D eigenvalue weighted by molar-refractivity contribution is 0.850. The molecule has 318 valence electrons. The molecule has 7 aromatic carbocycles. The molecule has 0 spiro atoms. The minimum absolute atomic E-state index is 0.238. The van der Waals surface area contributed by atoms with E-state index in [0.717, 1.165) is 36.3 Å². The Morgan fingerprint density at radius 2 is 1.40 bits per heavy atom. The van der Waals surface area contributed by atoms with Crippen molar-refractivity contribution in [2.24, 2.45) is 0 Å². The van der Waals surface area contributed by atoms with Gasteiger partial charge in [-0.05, 0) is 165 Å². The van der Waals surface area contributed by atoms with E-state index >= 15 is 0 Å². The quantitative estimate of drug-likeness (QED) is 0.0926. The Kier molecular flexibility index (Phi) is 12.6. The number of fused-ring (bicyclic) bond motifs is 3. The summed E-state index contributed by atoms with van der Waals surface area (Å²) in [6, 6.07) is 47.2. The Morgan fingerprint density at radius 1 is 0.677 bits per heavy atom. The maximum absolute atomic E-state index is 4.46. The van der Waals surface area contributed by atoms with Crippen LogP contribution in [0.25, 0.3) is 66.7 Å². The van der Waals surface area contributed by atoms with Crippen molar-refractivity contribution in [2.45, 2.75) is 52.9 Å². The Labute approximate surface area is 385 Å². The average Bonchev–Trinajstić information content (AvgIpc) is 3.34. The molecule has 1 unspecified atom stereocenters. The number of benzene rings is 7. The minimum atomic E-state index is 0.238. The predicted octanol–water partition coefficient (Wildman–Crippen LogP) is 16.2. The molecule has 2 aliphatic carbocycles. The highest BCUT2D eigenvalue weighted by atomic mass is 15.2. The van der Waals surface area contributed by atoms with Crippen molar-refractivity contribution in [3.63, 3.8) is 0 Å². The van der Waals surface area contributed by atoms with Gasteiger partial charge >= 0.3 is 0 Å². The normalized spacial score (nSPS) is 16.2. The number of anilines is 1. The second kappa shape index (κ2) is 19.1. The number of hydrogen-bond donors (Lipinski definition) is 0. The summed E-state index contributed by atoms with van der Waals surface area (Å²) in [5.41, 5.74) is 14.3. The van der Waals surface area contributed by atoms with Crippen LogP contribution in [0.4, 0.5) is 5.69 Å². The van der Waals surface area contributed by atoms with Crippen LogP contribution in [-0.4, -0.2) is 0 Å². The van der Waals surface area contributed by atoms with Gasteiger partial charge in [-0.15, -0.1) is 0 Å². The number of hydrogen-bond acceptors (Lipinski definition) is 1. The SMILES string of the molecule is C=C/C=c1/cc(-c2c3ccccc3c(-c3ccc4ccccc4c3)c3cc(C4C=CC(/C=C/C(C5=CCCC=C5)=C(\C=C/C)N(C(=C)C)c5ccccc5C)=CC4)ccc23)cc/c1=C/C. The lowest BCUT2D eigenvalue weighted by atomic mass is 9.82. The summed E-state index contributed by atoms with van der Waals surface area (Å²) in [5, 5.41) is 9.89. The summed E-state index contributed by atoms with van der Waals surface area (Å²) >= 11 is 0. The fourth-order valence-electron chi connectivity index (χ4n) is 9.79. The summed E-state index contributed by atoms with van der Waals surface area (Å²) in [6.45, 7) is 17.0. The number of aryl methyl sites for hydroxylation is 1. The van der Waals surface area contributed by atoms with Gasteiger partial charge in [0.25, 0.3) is 0 Å². The van der Waals surface area contributed by atoms with Crippen LogP contribution in [0.3, 0.4) is 0 Å². The van der Waals surface area contributed by atoms with Gasteiger partial charge in [-0.2, -0.15) is 0 Å². The van der Waals surface area contributed by atoms with E-state index in [4.69, 9.17) is 0 Å². The maximum Gasteiger partial charge on any atom is 0.0533 e. The van der Waals surface area contributed by atoms with Crippen molar-refractivity contribution in [3.05, 3.63) is 257 Å². The zero-order valence-electron chi connectivity index (χ0n) is 38.2. The van der Waals surface area contributed by atoms with Crippen molar-refractivity contribution in [1.29, 1.82) is 0 Å². The summed E-state index contributed by atoms with van der Waals surface area (Å²) in [5.74, 6) is 0.238. The molecule has 0 bridgehead atoms. The lowest BCUT2D eigenvalue weighted by Gasteiger charge is -2.30. The Hall–Kier alpha value is -7.48. The second-order valence-electron chi connectivity index (χ2n) is 17.2. The molecule has 0 aliphatic heterocycles. The highest BCUT2D eigenvalue weighted by Crippen LogP contribution is 2.45.